The number of pyridine rings is 1. The van der Waals surface area contributed by atoms with Crippen LogP contribution in [0.4, 0.5) is 11.5 Å². The number of morpholine rings is 1. The Morgan fingerprint density at radius 3 is 2.77 bits per heavy atom. The predicted octanol–water partition coefficient (Wildman–Crippen LogP) is 3.69. The number of hydrogen-bond acceptors (Lipinski definition) is 7. The number of aromatic nitrogens is 3. The van der Waals surface area contributed by atoms with Gasteiger partial charge < -0.3 is 15.4 Å². The lowest BCUT2D eigenvalue weighted by Crippen LogP contribution is -2.37. The van der Waals surface area contributed by atoms with E-state index in [1.807, 2.05) is 6.07 Å². The minimum Gasteiger partial charge on any atom is -0.382 e. The molecule has 0 unspecified atom stereocenters. The minimum atomic E-state index is -0.248. The summed E-state index contributed by atoms with van der Waals surface area (Å²) in [6, 6.07) is 6.93. The summed E-state index contributed by atoms with van der Waals surface area (Å²) >= 11 is 12.4. The molecule has 3 aromatic rings. The summed E-state index contributed by atoms with van der Waals surface area (Å²) in [7, 11) is 0. The van der Waals surface area contributed by atoms with E-state index in [0.29, 0.717) is 34.5 Å². The van der Waals surface area contributed by atoms with Gasteiger partial charge in [0.05, 0.1) is 30.1 Å². The third-order valence-corrected chi connectivity index (χ3v) is 5.41. The molecule has 154 valence electrons. The maximum absolute atomic E-state index is 13.1. The highest BCUT2D eigenvalue weighted by atomic mass is 35.5. The average Bonchev–Trinajstić information content (AvgIpc) is 2.77. The first kappa shape index (κ1) is 20.5. The molecule has 0 saturated carbocycles. The van der Waals surface area contributed by atoms with Crippen LogP contribution in [0.15, 0.2) is 42.9 Å². The Hall–Kier alpha value is -2.74. The van der Waals surface area contributed by atoms with Crippen molar-refractivity contribution in [3.63, 3.8) is 0 Å². The van der Waals surface area contributed by atoms with Gasteiger partial charge >= 0.3 is 0 Å². The van der Waals surface area contributed by atoms with Crippen molar-refractivity contribution >= 4 is 40.5 Å². The fraction of sp³-hybridized carbons (Fsp3) is 0.238. The Bertz CT molecular complexity index is 1090. The van der Waals surface area contributed by atoms with Crippen molar-refractivity contribution in [3.05, 3.63) is 64.2 Å². The number of carbonyl (C=O) groups is 1. The van der Waals surface area contributed by atoms with Crippen molar-refractivity contribution in [1.29, 1.82) is 0 Å². The van der Waals surface area contributed by atoms with Crippen molar-refractivity contribution in [2.75, 3.05) is 36.9 Å². The molecular weight excluding hydrogens is 425 g/mol. The van der Waals surface area contributed by atoms with Gasteiger partial charge in [0.25, 0.3) is 0 Å². The topological polar surface area (TPSA) is 94.2 Å². The maximum Gasteiger partial charge on any atom is 0.189 e. The second-order valence-corrected chi connectivity index (χ2v) is 7.66. The molecule has 0 radical (unpaired) electrons. The average molecular weight is 444 g/mol. The first-order valence-corrected chi connectivity index (χ1v) is 10.2. The molecule has 2 aromatic heterocycles. The largest absolute Gasteiger partial charge is 0.382 e. The predicted molar refractivity (Wildman–Crippen MR) is 117 cm³/mol. The van der Waals surface area contributed by atoms with E-state index >= 15 is 0 Å². The standard InChI is InChI=1S/C21H19Cl2N5O2/c22-14-1-2-16(23)15(10-14)17-12-26-21(24)20(27-17)19(29)9-13-11-25-4-3-18(13)28-5-7-30-8-6-28/h1-4,10-12H,5-9H2,(H2,24,26). The van der Waals surface area contributed by atoms with Crippen LogP contribution in [0.25, 0.3) is 11.3 Å². The van der Waals surface area contributed by atoms with Gasteiger partial charge in [-0.3, -0.25) is 9.78 Å². The molecule has 30 heavy (non-hydrogen) atoms. The zero-order chi connectivity index (χ0) is 21.1. The summed E-state index contributed by atoms with van der Waals surface area (Å²) in [5.74, 6) is -0.179. The Balaban J connectivity index is 1.64. The van der Waals surface area contributed by atoms with E-state index < -0.39 is 0 Å². The van der Waals surface area contributed by atoms with E-state index in [2.05, 4.69) is 19.9 Å². The third kappa shape index (κ3) is 4.38. The van der Waals surface area contributed by atoms with E-state index in [4.69, 9.17) is 33.7 Å². The van der Waals surface area contributed by atoms with Gasteiger partial charge in [-0.1, -0.05) is 23.2 Å². The van der Waals surface area contributed by atoms with Crippen molar-refractivity contribution in [3.8, 4) is 11.3 Å². The molecule has 1 aromatic carbocycles. The molecular formula is C21H19Cl2N5O2. The van der Waals surface area contributed by atoms with Crippen LogP contribution in [-0.2, 0) is 11.2 Å². The van der Waals surface area contributed by atoms with Crippen molar-refractivity contribution in [1.82, 2.24) is 15.0 Å². The normalized spacial score (nSPS) is 14.0. The number of halogens is 2. The van der Waals surface area contributed by atoms with Gasteiger partial charge in [0, 0.05) is 53.7 Å². The van der Waals surface area contributed by atoms with Gasteiger partial charge in [-0.05, 0) is 24.3 Å². The van der Waals surface area contributed by atoms with Crippen LogP contribution in [0, 0.1) is 0 Å². The lowest BCUT2D eigenvalue weighted by Gasteiger charge is -2.30. The quantitative estimate of drug-likeness (QED) is 0.600. The van der Waals surface area contributed by atoms with E-state index in [-0.39, 0.29) is 23.7 Å². The van der Waals surface area contributed by atoms with Crippen molar-refractivity contribution in [2.24, 2.45) is 0 Å². The highest BCUT2D eigenvalue weighted by molar-refractivity contribution is 6.35. The van der Waals surface area contributed by atoms with Crippen LogP contribution in [0.3, 0.4) is 0 Å². The smallest absolute Gasteiger partial charge is 0.189 e. The van der Waals surface area contributed by atoms with Gasteiger partial charge in [-0.2, -0.15) is 0 Å². The molecule has 1 aliphatic rings. The minimum absolute atomic E-state index is 0.0683. The molecule has 0 spiro atoms. The second-order valence-electron chi connectivity index (χ2n) is 6.82. The van der Waals surface area contributed by atoms with Gasteiger partial charge in [-0.15, -0.1) is 0 Å². The van der Waals surface area contributed by atoms with Gasteiger partial charge in [0.1, 0.15) is 5.69 Å². The molecule has 0 atom stereocenters. The fourth-order valence-corrected chi connectivity index (χ4v) is 3.74. The summed E-state index contributed by atoms with van der Waals surface area (Å²) in [4.78, 5) is 28.1. The monoisotopic (exact) mass is 443 g/mol. The molecule has 2 N–H and O–H groups in total. The third-order valence-electron chi connectivity index (χ3n) is 4.85. The number of ether oxygens (including phenoxy) is 1. The lowest BCUT2D eigenvalue weighted by molar-refractivity contribution is 0.0988. The number of nitrogens with two attached hydrogens (primary N) is 1. The summed E-state index contributed by atoms with van der Waals surface area (Å²) in [5.41, 5.74) is 8.85. The second kappa shape index (κ2) is 8.95. The van der Waals surface area contributed by atoms with Crippen LogP contribution in [0.5, 0.6) is 0 Å². The first-order valence-electron chi connectivity index (χ1n) is 9.39. The molecule has 0 amide bonds. The van der Waals surface area contributed by atoms with Crippen LogP contribution in [-0.4, -0.2) is 47.0 Å². The van der Waals surface area contributed by atoms with Gasteiger partial charge in [-0.25, -0.2) is 9.97 Å². The van der Waals surface area contributed by atoms with Crippen LogP contribution >= 0.6 is 23.2 Å². The summed E-state index contributed by atoms with van der Waals surface area (Å²) in [6.07, 6.45) is 5.00. The highest BCUT2D eigenvalue weighted by Crippen LogP contribution is 2.30. The molecule has 1 fully saturated rings. The Morgan fingerprint density at radius 2 is 1.97 bits per heavy atom. The number of benzene rings is 1. The van der Waals surface area contributed by atoms with E-state index in [0.717, 1.165) is 24.3 Å². The van der Waals surface area contributed by atoms with E-state index in [1.54, 1.807) is 30.6 Å². The molecule has 0 bridgehead atoms. The number of anilines is 2. The van der Waals surface area contributed by atoms with Gasteiger partial charge in [0.2, 0.25) is 0 Å². The first-order chi connectivity index (χ1) is 14.5. The number of nitrogen functional groups attached to an aromatic ring is 1. The summed E-state index contributed by atoms with van der Waals surface area (Å²) < 4.78 is 5.42. The lowest BCUT2D eigenvalue weighted by atomic mass is 10.1. The molecule has 4 rings (SSSR count). The van der Waals surface area contributed by atoms with Crippen LogP contribution in [0.1, 0.15) is 16.1 Å². The summed E-state index contributed by atoms with van der Waals surface area (Å²) in [6.45, 7) is 2.82. The zero-order valence-electron chi connectivity index (χ0n) is 16.0. The SMILES string of the molecule is Nc1ncc(-c2cc(Cl)ccc2Cl)nc1C(=O)Cc1cnccc1N1CCOCC1. The Kier molecular flexibility index (Phi) is 6.13. The highest BCUT2D eigenvalue weighted by Gasteiger charge is 2.20. The number of Topliss-reactive ketones (excluding diaryl/α,β-unsaturated/α-hetero) is 1. The van der Waals surface area contributed by atoms with E-state index in [9.17, 15) is 4.79 Å². The molecule has 1 saturated heterocycles. The molecule has 3 heterocycles. The number of carbonyl (C=O) groups excluding carboxylic acids is 1. The molecule has 1 aliphatic heterocycles. The number of rotatable bonds is 5. The molecule has 7 nitrogen and oxygen atoms in total. The van der Waals surface area contributed by atoms with Crippen molar-refractivity contribution < 1.29 is 9.53 Å². The van der Waals surface area contributed by atoms with Gasteiger partial charge in [0.15, 0.2) is 11.6 Å². The van der Waals surface area contributed by atoms with Crippen molar-refractivity contribution in [2.45, 2.75) is 6.42 Å². The molecule has 9 heteroatoms. The maximum atomic E-state index is 13.1. The fourth-order valence-electron chi connectivity index (χ4n) is 3.35. The van der Waals surface area contributed by atoms with Crippen LogP contribution in [0.2, 0.25) is 10.0 Å². The van der Waals surface area contributed by atoms with Crippen LogP contribution < -0.4 is 10.6 Å². The summed E-state index contributed by atoms with van der Waals surface area (Å²) in [5, 5.41) is 0.963. The number of ketones is 1. The zero-order valence-corrected chi connectivity index (χ0v) is 17.5. The Labute approximate surface area is 183 Å². The number of nitrogens with zero attached hydrogens (tertiary/aromatic N) is 4. The van der Waals surface area contributed by atoms with E-state index in [1.165, 1.54) is 6.20 Å². The Morgan fingerprint density at radius 1 is 1.17 bits per heavy atom. The molecule has 0 aliphatic carbocycles. The number of hydrogen-bond donors (Lipinski definition) is 1.